The molecular weight excluding hydrogens is 287 g/mol. The number of hydrogen-bond acceptors (Lipinski definition) is 3. The number of H-pyrrole nitrogens is 1. The molecule has 0 radical (unpaired) electrons. The van der Waals surface area contributed by atoms with Crippen molar-refractivity contribution in [1.29, 1.82) is 0 Å². The van der Waals surface area contributed by atoms with E-state index in [1.807, 2.05) is 0 Å². The summed E-state index contributed by atoms with van der Waals surface area (Å²) in [6.07, 6.45) is 1.60. The SMILES string of the molecule is NCCCc1nc(-c2cc(F)cc(Br)c2)n[nH]1. The molecule has 0 aliphatic heterocycles. The van der Waals surface area contributed by atoms with E-state index in [0.29, 0.717) is 22.4 Å². The third-order valence-corrected chi connectivity index (χ3v) is 2.73. The van der Waals surface area contributed by atoms with Crippen molar-refractivity contribution >= 4 is 15.9 Å². The second kappa shape index (κ2) is 5.37. The van der Waals surface area contributed by atoms with Crippen molar-refractivity contribution in [2.24, 2.45) is 5.73 Å². The number of aromatic nitrogens is 3. The predicted molar refractivity (Wildman–Crippen MR) is 66.9 cm³/mol. The third kappa shape index (κ3) is 3.10. The molecule has 2 aromatic rings. The second-order valence-corrected chi connectivity index (χ2v) is 4.57. The molecule has 6 heteroatoms. The minimum absolute atomic E-state index is 0.317. The zero-order valence-electron chi connectivity index (χ0n) is 9.08. The number of hydrogen-bond donors (Lipinski definition) is 2. The summed E-state index contributed by atoms with van der Waals surface area (Å²) in [5.74, 6) is 0.950. The average Bonchev–Trinajstić information content (AvgIpc) is 2.73. The molecule has 90 valence electrons. The molecule has 0 bridgehead atoms. The summed E-state index contributed by atoms with van der Waals surface area (Å²) in [7, 11) is 0. The van der Waals surface area contributed by atoms with Crippen LogP contribution >= 0.6 is 15.9 Å². The molecule has 0 saturated carbocycles. The molecule has 0 atom stereocenters. The van der Waals surface area contributed by atoms with E-state index in [1.165, 1.54) is 12.1 Å². The zero-order chi connectivity index (χ0) is 12.3. The predicted octanol–water partition coefficient (Wildman–Crippen LogP) is 2.26. The van der Waals surface area contributed by atoms with Gasteiger partial charge in [0.15, 0.2) is 5.82 Å². The van der Waals surface area contributed by atoms with E-state index in [1.54, 1.807) is 6.07 Å². The van der Waals surface area contributed by atoms with Gasteiger partial charge in [0.25, 0.3) is 0 Å². The monoisotopic (exact) mass is 298 g/mol. The normalized spacial score (nSPS) is 10.8. The summed E-state index contributed by atoms with van der Waals surface area (Å²) in [6.45, 7) is 0.613. The fourth-order valence-corrected chi connectivity index (χ4v) is 1.95. The van der Waals surface area contributed by atoms with Gasteiger partial charge in [0, 0.05) is 16.5 Å². The second-order valence-electron chi connectivity index (χ2n) is 3.66. The molecule has 0 aliphatic carbocycles. The Hall–Kier alpha value is -1.27. The lowest BCUT2D eigenvalue weighted by Gasteiger charge is -1.97. The first-order valence-electron chi connectivity index (χ1n) is 5.27. The van der Waals surface area contributed by atoms with Crippen LogP contribution in [0.3, 0.4) is 0 Å². The minimum atomic E-state index is -0.317. The number of benzene rings is 1. The summed E-state index contributed by atoms with van der Waals surface area (Å²) >= 11 is 3.24. The Balaban J connectivity index is 2.24. The summed E-state index contributed by atoms with van der Waals surface area (Å²) in [5, 5.41) is 6.88. The van der Waals surface area contributed by atoms with E-state index in [9.17, 15) is 4.39 Å². The van der Waals surface area contributed by atoms with Crippen molar-refractivity contribution in [3.8, 4) is 11.4 Å². The molecule has 0 fully saturated rings. The molecule has 4 nitrogen and oxygen atoms in total. The third-order valence-electron chi connectivity index (χ3n) is 2.27. The van der Waals surface area contributed by atoms with E-state index in [4.69, 9.17) is 5.73 Å². The molecule has 17 heavy (non-hydrogen) atoms. The molecular formula is C11H12BrFN4. The van der Waals surface area contributed by atoms with Gasteiger partial charge in [-0.1, -0.05) is 15.9 Å². The first-order valence-corrected chi connectivity index (χ1v) is 6.06. The van der Waals surface area contributed by atoms with Crippen molar-refractivity contribution in [3.63, 3.8) is 0 Å². The van der Waals surface area contributed by atoms with Gasteiger partial charge in [-0.05, 0) is 31.2 Å². The van der Waals surface area contributed by atoms with E-state index >= 15 is 0 Å². The Morgan fingerprint density at radius 3 is 2.88 bits per heavy atom. The number of nitrogens with zero attached hydrogens (tertiary/aromatic N) is 2. The lowest BCUT2D eigenvalue weighted by molar-refractivity contribution is 0.627. The quantitative estimate of drug-likeness (QED) is 0.910. The first kappa shape index (κ1) is 12.2. The fraction of sp³-hybridized carbons (Fsp3) is 0.273. The van der Waals surface area contributed by atoms with Gasteiger partial charge in [0.2, 0.25) is 0 Å². The van der Waals surface area contributed by atoms with E-state index in [-0.39, 0.29) is 5.82 Å². The Morgan fingerprint density at radius 2 is 2.18 bits per heavy atom. The highest BCUT2D eigenvalue weighted by molar-refractivity contribution is 9.10. The number of halogens is 2. The van der Waals surface area contributed by atoms with Gasteiger partial charge >= 0.3 is 0 Å². The molecule has 3 N–H and O–H groups in total. The van der Waals surface area contributed by atoms with Crippen LogP contribution in [0.4, 0.5) is 4.39 Å². The highest BCUT2D eigenvalue weighted by atomic mass is 79.9. The molecule has 0 saturated heterocycles. The van der Waals surface area contributed by atoms with Crippen LogP contribution in [0.25, 0.3) is 11.4 Å². The Kier molecular flexibility index (Phi) is 3.86. The zero-order valence-corrected chi connectivity index (χ0v) is 10.7. The summed E-state index contributed by atoms with van der Waals surface area (Å²) in [4.78, 5) is 4.29. The highest BCUT2D eigenvalue weighted by Crippen LogP contribution is 2.21. The van der Waals surface area contributed by atoms with Gasteiger partial charge in [0.05, 0.1) is 0 Å². The lowest BCUT2D eigenvalue weighted by Crippen LogP contribution is -2.01. The number of rotatable bonds is 4. The fourth-order valence-electron chi connectivity index (χ4n) is 1.49. The van der Waals surface area contributed by atoms with Crippen LogP contribution in [0.5, 0.6) is 0 Å². The Labute approximate surface area is 107 Å². The minimum Gasteiger partial charge on any atom is -0.330 e. The maximum absolute atomic E-state index is 13.2. The largest absolute Gasteiger partial charge is 0.330 e. The van der Waals surface area contributed by atoms with Crippen molar-refractivity contribution < 1.29 is 4.39 Å². The topological polar surface area (TPSA) is 67.6 Å². The van der Waals surface area contributed by atoms with Gasteiger partial charge in [-0.2, -0.15) is 5.10 Å². The van der Waals surface area contributed by atoms with Crippen LogP contribution in [0.1, 0.15) is 12.2 Å². The molecule has 2 rings (SSSR count). The number of aryl methyl sites for hydroxylation is 1. The van der Waals surface area contributed by atoms with Crippen LogP contribution in [-0.4, -0.2) is 21.7 Å². The van der Waals surface area contributed by atoms with Gasteiger partial charge in [-0.15, -0.1) is 0 Å². The maximum Gasteiger partial charge on any atom is 0.181 e. The molecule has 0 amide bonds. The van der Waals surface area contributed by atoms with E-state index < -0.39 is 0 Å². The standard InChI is InChI=1S/C11H12BrFN4/c12-8-4-7(5-9(13)6-8)11-15-10(16-17-11)2-1-3-14/h4-6H,1-3,14H2,(H,15,16,17). The Morgan fingerprint density at radius 1 is 1.35 bits per heavy atom. The van der Waals surface area contributed by atoms with Crippen molar-refractivity contribution in [1.82, 2.24) is 15.2 Å². The van der Waals surface area contributed by atoms with Crippen molar-refractivity contribution in [2.75, 3.05) is 6.54 Å². The van der Waals surface area contributed by atoms with E-state index in [2.05, 4.69) is 31.1 Å². The first-order chi connectivity index (χ1) is 8.19. The molecule has 0 spiro atoms. The number of nitrogens with one attached hydrogen (secondary N) is 1. The molecule has 0 aliphatic rings. The van der Waals surface area contributed by atoms with Crippen molar-refractivity contribution in [2.45, 2.75) is 12.8 Å². The maximum atomic E-state index is 13.2. The molecule has 0 unspecified atom stereocenters. The van der Waals surface area contributed by atoms with Crippen LogP contribution in [-0.2, 0) is 6.42 Å². The van der Waals surface area contributed by atoms with Gasteiger partial charge in [-0.25, -0.2) is 9.37 Å². The average molecular weight is 299 g/mol. The summed E-state index contributed by atoms with van der Waals surface area (Å²) in [5.41, 5.74) is 6.06. The lowest BCUT2D eigenvalue weighted by atomic mass is 10.2. The van der Waals surface area contributed by atoms with Crippen LogP contribution in [0.2, 0.25) is 0 Å². The van der Waals surface area contributed by atoms with Gasteiger partial charge in [0.1, 0.15) is 11.6 Å². The smallest absolute Gasteiger partial charge is 0.181 e. The van der Waals surface area contributed by atoms with Gasteiger partial charge < -0.3 is 5.73 Å². The van der Waals surface area contributed by atoms with Crippen LogP contribution < -0.4 is 5.73 Å². The molecule has 1 heterocycles. The molecule has 1 aromatic carbocycles. The number of aromatic amines is 1. The summed E-state index contributed by atoms with van der Waals surface area (Å²) < 4.78 is 13.9. The molecule has 1 aromatic heterocycles. The van der Waals surface area contributed by atoms with Crippen LogP contribution in [0, 0.1) is 5.82 Å². The van der Waals surface area contributed by atoms with E-state index in [0.717, 1.165) is 18.7 Å². The Bertz CT molecular complexity index is 492. The summed E-state index contributed by atoms with van der Waals surface area (Å²) in [6, 6.07) is 4.57. The number of nitrogens with two attached hydrogens (primary N) is 1. The highest BCUT2D eigenvalue weighted by Gasteiger charge is 2.07. The van der Waals surface area contributed by atoms with Crippen LogP contribution in [0.15, 0.2) is 22.7 Å². The van der Waals surface area contributed by atoms with Crippen molar-refractivity contribution in [3.05, 3.63) is 34.3 Å². The van der Waals surface area contributed by atoms with Gasteiger partial charge in [-0.3, -0.25) is 5.10 Å².